The molecule has 0 unspecified atom stereocenters. The topological polar surface area (TPSA) is 58.9 Å². The maximum absolute atomic E-state index is 14.9. The van der Waals surface area contributed by atoms with E-state index >= 15 is 0 Å². The van der Waals surface area contributed by atoms with Crippen LogP contribution in [0.3, 0.4) is 0 Å². The Kier molecular flexibility index (Phi) is 20.9. The van der Waals surface area contributed by atoms with Crippen molar-refractivity contribution in [3.05, 3.63) is 181 Å². The predicted molar refractivity (Wildman–Crippen MR) is 264 cm³/mol. The van der Waals surface area contributed by atoms with Gasteiger partial charge in [-0.2, -0.15) is 43.9 Å². The van der Waals surface area contributed by atoms with Crippen LogP contribution in [-0.2, 0) is 24.6 Å². The first-order valence-electron chi connectivity index (χ1n) is 25.0. The Hall–Kier alpha value is -6.02. The normalized spacial score (nSPS) is 17.8. The molecule has 0 heterocycles. The van der Waals surface area contributed by atoms with Gasteiger partial charge in [0.25, 0.3) is 0 Å². The third kappa shape index (κ3) is 15.8. The van der Waals surface area contributed by atoms with Crippen LogP contribution < -0.4 is 14.9 Å². The number of ether oxygens (including phenoxy) is 2. The van der Waals surface area contributed by atoms with Crippen LogP contribution in [0.2, 0.25) is 0 Å². The second kappa shape index (κ2) is 26.3. The SMILES string of the molecule is CCC1CCC(c2ccc(-c3cc(F)c(C(F)(F)Oc4cc(F)c(C(F)(F)F)c(F)c4)c(F)c3)c(F)c2)CC1.CCC1CCC(c2ccc(B(O)O)c(F)c2)CC1.Fc1cc(OC(F)(F)c2c(F)cc(Br)cc2F)cc(F)c1C(F)(F)F. The minimum absolute atomic E-state index is 0.0407. The Morgan fingerprint density at radius 1 is 0.427 bits per heavy atom. The van der Waals surface area contributed by atoms with Crippen LogP contribution >= 0.6 is 15.9 Å². The van der Waals surface area contributed by atoms with Crippen molar-refractivity contribution in [2.45, 2.75) is 114 Å². The largest absolute Gasteiger partial charge is 0.491 e. The highest BCUT2D eigenvalue weighted by Gasteiger charge is 2.45. The maximum atomic E-state index is 14.9. The second-order valence-electron chi connectivity index (χ2n) is 19.5. The zero-order valence-electron chi connectivity index (χ0n) is 42.7. The lowest BCUT2D eigenvalue weighted by Gasteiger charge is -2.28. The van der Waals surface area contributed by atoms with Gasteiger partial charge in [-0.15, -0.1) is 0 Å². The van der Waals surface area contributed by atoms with E-state index < -0.39 is 129 Å². The monoisotopic (exact) mass is 1250 g/mol. The lowest BCUT2D eigenvalue weighted by atomic mass is 9.75. The molecule has 4 nitrogen and oxygen atoms in total. The van der Waals surface area contributed by atoms with Gasteiger partial charge < -0.3 is 19.5 Å². The summed E-state index contributed by atoms with van der Waals surface area (Å²) in [6.07, 6.45) is -9.84. The molecule has 26 heteroatoms. The molecule has 0 aromatic heterocycles. The summed E-state index contributed by atoms with van der Waals surface area (Å²) in [6, 6.07) is 10.1. The number of hydrogen-bond acceptors (Lipinski definition) is 4. The molecular weight excluding hydrogens is 1210 g/mol. The molecule has 0 aliphatic heterocycles. The number of rotatable bonds is 12. The summed E-state index contributed by atoms with van der Waals surface area (Å²) < 4.78 is 279. The van der Waals surface area contributed by atoms with Crippen LogP contribution in [0.4, 0.5) is 87.8 Å². The molecule has 0 radical (unpaired) electrons. The number of alkyl halides is 10. The van der Waals surface area contributed by atoms with Gasteiger partial charge in [0.1, 0.15) is 91.9 Å². The fraction of sp³-hybridized carbons (Fsp3) is 0.357. The van der Waals surface area contributed by atoms with E-state index in [1.54, 1.807) is 6.07 Å². The van der Waals surface area contributed by atoms with Crippen molar-refractivity contribution in [2.75, 3.05) is 0 Å². The Bertz CT molecular complexity index is 3120. The van der Waals surface area contributed by atoms with Crippen LogP contribution in [0, 0.1) is 70.0 Å². The minimum atomic E-state index is -5.47. The summed E-state index contributed by atoms with van der Waals surface area (Å²) in [7, 11) is -1.73. The fourth-order valence-corrected chi connectivity index (χ4v) is 10.2. The lowest BCUT2D eigenvalue weighted by Crippen LogP contribution is -2.32. The standard InChI is InChI=1S/C28H22F10O.C14H20BFO2.C14H4BrF9O/c1-2-14-3-5-15(6-4-14)16-7-8-19(20(29)9-16)17-10-21(30)26(22(31)11-17)28(37,38)39-18-12-23(32)25(24(33)13-18)27(34,35)36;1-2-10-3-5-11(6-4-10)12-7-8-13(15(17)18)14(16)9-12;15-5-1-7(16)12(8(17)2-5)14(23,24)25-6-3-9(18)11(10(19)4-6)13(20,21)22/h7-15H,2-6H2,1H3;7-11,17-18H,2-6H2,1H3;1-4H. The summed E-state index contributed by atoms with van der Waals surface area (Å²) >= 11 is 2.65. The van der Waals surface area contributed by atoms with Crippen molar-refractivity contribution in [3.63, 3.8) is 0 Å². The molecule has 444 valence electrons. The van der Waals surface area contributed by atoms with Gasteiger partial charge >= 0.3 is 31.7 Å². The molecule has 6 aromatic rings. The third-order valence-corrected chi connectivity index (χ3v) is 14.6. The van der Waals surface area contributed by atoms with E-state index in [1.165, 1.54) is 43.5 Å². The zero-order valence-corrected chi connectivity index (χ0v) is 44.3. The maximum Gasteiger partial charge on any atom is 0.491 e. The van der Waals surface area contributed by atoms with E-state index in [9.17, 15) is 87.8 Å². The molecule has 0 amide bonds. The molecule has 0 atom stereocenters. The average Bonchev–Trinajstić information content (AvgIpc) is 3.57. The van der Waals surface area contributed by atoms with Crippen molar-refractivity contribution >= 4 is 28.5 Å². The molecule has 2 fully saturated rings. The Balaban J connectivity index is 0.000000215. The highest BCUT2D eigenvalue weighted by molar-refractivity contribution is 9.10. The van der Waals surface area contributed by atoms with Gasteiger partial charge in [0.2, 0.25) is 0 Å². The molecule has 2 aliphatic rings. The molecule has 2 saturated carbocycles. The van der Waals surface area contributed by atoms with Gasteiger partial charge in [0.15, 0.2) is 0 Å². The molecule has 0 bridgehead atoms. The first kappa shape index (κ1) is 65.1. The van der Waals surface area contributed by atoms with Crippen LogP contribution in [0.25, 0.3) is 11.1 Å². The highest BCUT2D eigenvalue weighted by atomic mass is 79.9. The van der Waals surface area contributed by atoms with Crippen LogP contribution in [-0.4, -0.2) is 17.2 Å². The number of benzene rings is 6. The Labute approximate surface area is 464 Å². The van der Waals surface area contributed by atoms with Crippen molar-refractivity contribution in [1.82, 2.24) is 0 Å². The zero-order chi connectivity index (χ0) is 61.0. The molecule has 2 N–H and O–H groups in total. The summed E-state index contributed by atoms with van der Waals surface area (Å²) in [4.78, 5) is 0. The van der Waals surface area contributed by atoms with E-state index in [0.29, 0.717) is 36.1 Å². The van der Waals surface area contributed by atoms with E-state index in [4.69, 9.17) is 10.0 Å². The first-order valence-corrected chi connectivity index (χ1v) is 25.8. The highest BCUT2D eigenvalue weighted by Crippen LogP contribution is 2.44. The molecule has 0 saturated heterocycles. The minimum Gasteiger partial charge on any atom is -0.429 e. The molecule has 0 spiro atoms. The van der Waals surface area contributed by atoms with E-state index in [-0.39, 0.29) is 45.7 Å². The lowest BCUT2D eigenvalue weighted by molar-refractivity contribution is -0.190. The molecular formula is C56H46BBrF20O4. The van der Waals surface area contributed by atoms with Gasteiger partial charge in [-0.25, -0.2) is 43.9 Å². The van der Waals surface area contributed by atoms with E-state index in [1.807, 2.05) is 6.07 Å². The van der Waals surface area contributed by atoms with E-state index in [2.05, 4.69) is 39.3 Å². The number of hydrogen-bond donors (Lipinski definition) is 2. The van der Waals surface area contributed by atoms with Crippen LogP contribution in [0.5, 0.6) is 11.5 Å². The first-order chi connectivity index (χ1) is 38.1. The summed E-state index contributed by atoms with van der Waals surface area (Å²) in [6.45, 7) is 4.33. The van der Waals surface area contributed by atoms with Crippen LogP contribution in [0.1, 0.15) is 123 Å². The Morgan fingerprint density at radius 2 is 0.756 bits per heavy atom. The molecule has 82 heavy (non-hydrogen) atoms. The van der Waals surface area contributed by atoms with E-state index in [0.717, 1.165) is 62.0 Å². The summed E-state index contributed by atoms with van der Waals surface area (Å²) in [5.74, 6) is -18.4. The van der Waals surface area contributed by atoms with Crippen molar-refractivity contribution in [3.8, 4) is 22.6 Å². The second-order valence-corrected chi connectivity index (χ2v) is 20.4. The molecule has 2 aliphatic carbocycles. The number of halogens is 21. The van der Waals surface area contributed by atoms with Gasteiger partial charge in [-0.3, -0.25) is 0 Å². The summed E-state index contributed by atoms with van der Waals surface area (Å²) in [5.41, 5.74) is -7.48. The van der Waals surface area contributed by atoms with Crippen LogP contribution in [0.15, 0.2) is 89.4 Å². The average molecular weight is 1250 g/mol. The van der Waals surface area contributed by atoms with Crippen molar-refractivity contribution < 1.29 is 107 Å². The quantitative estimate of drug-likeness (QED) is 0.0947. The third-order valence-electron chi connectivity index (χ3n) is 14.1. The van der Waals surface area contributed by atoms with Crippen molar-refractivity contribution in [2.24, 2.45) is 11.8 Å². The summed E-state index contributed by atoms with van der Waals surface area (Å²) in [5, 5.41) is 18.0. The fourth-order valence-electron chi connectivity index (χ4n) is 9.82. The predicted octanol–water partition coefficient (Wildman–Crippen LogP) is 18.2. The van der Waals surface area contributed by atoms with Crippen molar-refractivity contribution in [1.29, 1.82) is 0 Å². The smallest absolute Gasteiger partial charge is 0.429 e. The van der Waals surface area contributed by atoms with Gasteiger partial charge in [-0.05, 0) is 128 Å². The molecule has 6 aromatic carbocycles. The van der Waals surface area contributed by atoms with Gasteiger partial charge in [0.05, 0.1) is 0 Å². The van der Waals surface area contributed by atoms with Gasteiger partial charge in [0, 0.05) is 39.8 Å². The Morgan fingerprint density at radius 3 is 1.07 bits per heavy atom. The molecule has 8 rings (SSSR count). The van der Waals surface area contributed by atoms with Gasteiger partial charge in [-0.1, -0.05) is 66.9 Å².